The Morgan fingerprint density at radius 3 is 2.60 bits per heavy atom. The summed E-state index contributed by atoms with van der Waals surface area (Å²) in [5, 5.41) is 5.89. The summed E-state index contributed by atoms with van der Waals surface area (Å²) in [7, 11) is 1.84. The Morgan fingerprint density at radius 1 is 1.10 bits per heavy atom. The summed E-state index contributed by atoms with van der Waals surface area (Å²) >= 11 is 0. The van der Waals surface area contributed by atoms with Crippen molar-refractivity contribution in [2.75, 3.05) is 17.7 Å². The number of anilines is 2. The van der Waals surface area contributed by atoms with Gasteiger partial charge in [0.1, 0.15) is 0 Å². The van der Waals surface area contributed by atoms with E-state index in [0.29, 0.717) is 5.56 Å². The standard InChI is InChI=1S/C15H14N4O/c1-16-11-4-2-10(3-5-11)15(20)19-12-6-7-13-14(8-12)18-9-17-13/h2-9,16H,1H3,(H,17,18)(H,19,20). The van der Waals surface area contributed by atoms with Crippen molar-refractivity contribution in [3.63, 3.8) is 0 Å². The lowest BCUT2D eigenvalue weighted by atomic mass is 10.2. The molecule has 0 atom stereocenters. The number of amides is 1. The van der Waals surface area contributed by atoms with E-state index >= 15 is 0 Å². The van der Waals surface area contributed by atoms with E-state index in [0.717, 1.165) is 22.4 Å². The van der Waals surface area contributed by atoms with Gasteiger partial charge in [0.2, 0.25) is 0 Å². The van der Waals surface area contributed by atoms with Crippen LogP contribution in [0, 0.1) is 0 Å². The number of H-pyrrole nitrogens is 1. The zero-order valence-electron chi connectivity index (χ0n) is 11.0. The third-order valence-electron chi connectivity index (χ3n) is 3.11. The fourth-order valence-electron chi connectivity index (χ4n) is 2.00. The first-order valence-electron chi connectivity index (χ1n) is 6.28. The first-order valence-corrected chi connectivity index (χ1v) is 6.28. The average Bonchev–Trinajstić information content (AvgIpc) is 2.95. The number of rotatable bonds is 3. The van der Waals surface area contributed by atoms with E-state index in [9.17, 15) is 4.79 Å². The molecule has 0 fully saturated rings. The van der Waals surface area contributed by atoms with Gasteiger partial charge in [0.15, 0.2) is 0 Å². The Morgan fingerprint density at radius 2 is 1.85 bits per heavy atom. The van der Waals surface area contributed by atoms with Crippen LogP contribution in [0.3, 0.4) is 0 Å². The van der Waals surface area contributed by atoms with Crippen molar-refractivity contribution < 1.29 is 4.79 Å². The van der Waals surface area contributed by atoms with Crippen molar-refractivity contribution >= 4 is 28.3 Å². The Balaban J connectivity index is 1.80. The van der Waals surface area contributed by atoms with Crippen LogP contribution >= 0.6 is 0 Å². The van der Waals surface area contributed by atoms with Crippen LogP contribution in [-0.4, -0.2) is 22.9 Å². The average molecular weight is 266 g/mol. The molecule has 0 saturated heterocycles. The second-order valence-corrected chi connectivity index (χ2v) is 4.42. The third-order valence-corrected chi connectivity index (χ3v) is 3.11. The molecule has 3 aromatic rings. The van der Waals surface area contributed by atoms with E-state index < -0.39 is 0 Å². The number of aromatic amines is 1. The van der Waals surface area contributed by atoms with Gasteiger partial charge in [-0.1, -0.05) is 0 Å². The Labute approximate surface area is 116 Å². The highest BCUT2D eigenvalue weighted by Crippen LogP contribution is 2.17. The van der Waals surface area contributed by atoms with Gasteiger partial charge in [0, 0.05) is 24.0 Å². The van der Waals surface area contributed by atoms with Crippen molar-refractivity contribution in [1.82, 2.24) is 9.97 Å². The lowest BCUT2D eigenvalue weighted by molar-refractivity contribution is 0.102. The molecule has 0 bridgehead atoms. The van der Waals surface area contributed by atoms with Crippen molar-refractivity contribution in [1.29, 1.82) is 0 Å². The zero-order valence-corrected chi connectivity index (χ0v) is 11.0. The second-order valence-electron chi connectivity index (χ2n) is 4.42. The Hall–Kier alpha value is -2.82. The molecule has 0 aliphatic carbocycles. The summed E-state index contributed by atoms with van der Waals surface area (Å²) in [5.74, 6) is -0.133. The summed E-state index contributed by atoms with van der Waals surface area (Å²) in [6.07, 6.45) is 1.63. The van der Waals surface area contributed by atoms with Crippen LogP contribution in [0.25, 0.3) is 11.0 Å². The van der Waals surface area contributed by atoms with Crippen LogP contribution in [0.5, 0.6) is 0 Å². The third kappa shape index (κ3) is 2.33. The van der Waals surface area contributed by atoms with E-state index in [-0.39, 0.29) is 5.91 Å². The van der Waals surface area contributed by atoms with Gasteiger partial charge >= 0.3 is 0 Å². The monoisotopic (exact) mass is 266 g/mol. The molecule has 2 aromatic carbocycles. The van der Waals surface area contributed by atoms with Crippen molar-refractivity contribution in [2.24, 2.45) is 0 Å². The molecule has 5 nitrogen and oxygen atoms in total. The zero-order chi connectivity index (χ0) is 13.9. The lowest BCUT2D eigenvalue weighted by Gasteiger charge is -2.06. The molecule has 0 unspecified atom stereocenters. The minimum absolute atomic E-state index is 0.133. The number of hydrogen-bond acceptors (Lipinski definition) is 3. The molecule has 5 heteroatoms. The minimum Gasteiger partial charge on any atom is -0.388 e. The largest absolute Gasteiger partial charge is 0.388 e. The quantitative estimate of drug-likeness (QED) is 0.682. The van der Waals surface area contributed by atoms with Crippen molar-refractivity contribution in [3.05, 3.63) is 54.4 Å². The highest BCUT2D eigenvalue weighted by Gasteiger charge is 2.06. The van der Waals surface area contributed by atoms with Gasteiger partial charge < -0.3 is 15.6 Å². The van der Waals surface area contributed by atoms with Gasteiger partial charge in [0.05, 0.1) is 17.4 Å². The number of nitrogens with zero attached hydrogens (tertiary/aromatic N) is 1. The summed E-state index contributed by atoms with van der Waals surface area (Å²) in [5.41, 5.74) is 4.10. The number of hydrogen-bond donors (Lipinski definition) is 3. The van der Waals surface area contributed by atoms with Gasteiger partial charge in [-0.3, -0.25) is 4.79 Å². The summed E-state index contributed by atoms with van der Waals surface area (Å²) in [6.45, 7) is 0. The summed E-state index contributed by atoms with van der Waals surface area (Å²) in [4.78, 5) is 19.3. The maximum absolute atomic E-state index is 12.1. The molecule has 0 spiro atoms. The molecule has 0 radical (unpaired) electrons. The smallest absolute Gasteiger partial charge is 0.255 e. The molecule has 3 rings (SSSR count). The SMILES string of the molecule is CNc1ccc(C(=O)Nc2ccc3nc[nH]c3c2)cc1. The first kappa shape index (κ1) is 12.2. The Kier molecular flexibility index (Phi) is 3.09. The molecule has 0 aliphatic rings. The molecule has 0 saturated carbocycles. The predicted molar refractivity (Wildman–Crippen MR) is 80.0 cm³/mol. The number of aromatic nitrogens is 2. The number of fused-ring (bicyclic) bond motifs is 1. The number of carbonyl (C=O) groups excluding carboxylic acids is 1. The lowest BCUT2D eigenvalue weighted by Crippen LogP contribution is -2.11. The van der Waals surface area contributed by atoms with E-state index in [4.69, 9.17) is 0 Å². The van der Waals surface area contributed by atoms with Crippen molar-refractivity contribution in [3.8, 4) is 0 Å². The second kappa shape index (κ2) is 5.05. The van der Waals surface area contributed by atoms with Crippen LogP contribution in [0.4, 0.5) is 11.4 Å². The number of nitrogens with one attached hydrogen (secondary N) is 3. The molecule has 1 amide bonds. The Bertz CT molecular complexity index is 746. The van der Waals surface area contributed by atoms with Crippen LogP contribution in [0.15, 0.2) is 48.8 Å². The number of carbonyl (C=O) groups is 1. The normalized spacial score (nSPS) is 10.4. The van der Waals surface area contributed by atoms with E-state index in [1.807, 2.05) is 37.4 Å². The molecule has 1 heterocycles. The van der Waals surface area contributed by atoms with Crippen LogP contribution < -0.4 is 10.6 Å². The molecule has 1 aromatic heterocycles. The minimum atomic E-state index is -0.133. The van der Waals surface area contributed by atoms with E-state index in [1.54, 1.807) is 18.5 Å². The molecule has 3 N–H and O–H groups in total. The predicted octanol–water partition coefficient (Wildman–Crippen LogP) is 2.86. The summed E-state index contributed by atoms with van der Waals surface area (Å²) in [6, 6.07) is 12.9. The maximum atomic E-state index is 12.1. The van der Waals surface area contributed by atoms with E-state index in [1.165, 1.54) is 0 Å². The van der Waals surface area contributed by atoms with Gasteiger partial charge in [-0.05, 0) is 42.5 Å². The highest BCUT2D eigenvalue weighted by atomic mass is 16.1. The molecule has 100 valence electrons. The maximum Gasteiger partial charge on any atom is 0.255 e. The number of benzene rings is 2. The summed E-state index contributed by atoms with van der Waals surface area (Å²) < 4.78 is 0. The van der Waals surface area contributed by atoms with Gasteiger partial charge in [-0.2, -0.15) is 0 Å². The van der Waals surface area contributed by atoms with Gasteiger partial charge in [0.25, 0.3) is 5.91 Å². The van der Waals surface area contributed by atoms with Crippen LogP contribution in [-0.2, 0) is 0 Å². The van der Waals surface area contributed by atoms with Gasteiger partial charge in [-0.25, -0.2) is 4.98 Å². The molecule has 20 heavy (non-hydrogen) atoms. The highest BCUT2D eigenvalue weighted by molar-refractivity contribution is 6.05. The fourth-order valence-corrected chi connectivity index (χ4v) is 2.00. The molecular formula is C15H14N4O. The fraction of sp³-hybridized carbons (Fsp3) is 0.0667. The van der Waals surface area contributed by atoms with Crippen LogP contribution in [0.2, 0.25) is 0 Å². The molecule has 0 aliphatic heterocycles. The van der Waals surface area contributed by atoms with Gasteiger partial charge in [-0.15, -0.1) is 0 Å². The van der Waals surface area contributed by atoms with Crippen LogP contribution in [0.1, 0.15) is 10.4 Å². The number of imidazole rings is 1. The first-order chi connectivity index (χ1) is 9.76. The molecular weight excluding hydrogens is 252 g/mol. The van der Waals surface area contributed by atoms with E-state index in [2.05, 4.69) is 20.6 Å². The topological polar surface area (TPSA) is 69.8 Å². The van der Waals surface area contributed by atoms with Crippen molar-refractivity contribution in [2.45, 2.75) is 0 Å².